The van der Waals surface area contributed by atoms with E-state index in [9.17, 15) is 0 Å². The van der Waals surface area contributed by atoms with Crippen molar-refractivity contribution in [2.24, 2.45) is 0 Å². The molecule has 0 aliphatic carbocycles. The summed E-state index contributed by atoms with van der Waals surface area (Å²) in [6.07, 6.45) is 4.33. The Morgan fingerprint density at radius 2 is 1.75 bits per heavy atom. The van der Waals surface area contributed by atoms with E-state index in [1.165, 1.54) is 0 Å². The minimum Gasteiger partial charge on any atom is -0.307 e. The molecule has 0 saturated heterocycles. The maximum absolute atomic E-state index is 3.88. The van der Waals surface area contributed by atoms with Crippen LogP contribution in [0.4, 0.5) is 0 Å². The molecule has 0 unspecified atom stereocenters. The lowest BCUT2D eigenvalue weighted by molar-refractivity contribution is 0.0547. The molecule has 2 heteroatoms. The van der Waals surface area contributed by atoms with Crippen LogP contribution in [0.3, 0.4) is 0 Å². The molecule has 0 N–H and O–H groups in total. The van der Waals surface area contributed by atoms with E-state index in [-0.39, 0.29) is 0 Å². The van der Waals surface area contributed by atoms with E-state index in [2.05, 4.69) is 35.8 Å². The second-order valence-electron chi connectivity index (χ2n) is 2.63. The first-order valence-electron chi connectivity index (χ1n) is 4.51. The van der Waals surface area contributed by atoms with Crippen molar-refractivity contribution in [2.45, 2.75) is 20.8 Å². The predicted molar refractivity (Wildman–Crippen MR) is 54.6 cm³/mol. The van der Waals surface area contributed by atoms with Gasteiger partial charge in [0.05, 0.1) is 6.54 Å². The number of likely N-dealkylation sites (N-methyl/N-ethyl adjacent to an activating group) is 1. The van der Waals surface area contributed by atoms with Crippen LogP contribution in [0.1, 0.15) is 20.8 Å². The highest BCUT2D eigenvalue weighted by atomic mass is 15.6. The number of hydrazine groups is 1. The van der Waals surface area contributed by atoms with E-state index in [0.717, 1.165) is 18.8 Å². The van der Waals surface area contributed by atoms with Gasteiger partial charge in [0.25, 0.3) is 0 Å². The Hall–Kier alpha value is -0.760. The van der Waals surface area contributed by atoms with Gasteiger partial charge in [0.1, 0.15) is 0 Å². The van der Waals surface area contributed by atoms with Crippen LogP contribution in [0, 0.1) is 0 Å². The van der Waals surface area contributed by atoms with Gasteiger partial charge in [0, 0.05) is 19.3 Å². The summed E-state index contributed by atoms with van der Waals surface area (Å²) in [4.78, 5) is 0. The quantitative estimate of drug-likeness (QED) is 0.554. The Labute approximate surface area is 76.1 Å². The van der Waals surface area contributed by atoms with Gasteiger partial charge in [-0.2, -0.15) is 0 Å². The molecule has 0 spiro atoms. The lowest BCUT2D eigenvalue weighted by Gasteiger charge is -2.34. The maximum atomic E-state index is 3.88. The topological polar surface area (TPSA) is 6.48 Å². The van der Waals surface area contributed by atoms with Gasteiger partial charge in [-0.25, -0.2) is 5.01 Å². The first-order valence-corrected chi connectivity index (χ1v) is 4.51. The molecule has 0 atom stereocenters. The first kappa shape index (κ1) is 11.2. The van der Waals surface area contributed by atoms with Gasteiger partial charge in [-0.1, -0.05) is 32.6 Å². The molecule has 1 aliphatic rings. The molecule has 0 aromatic carbocycles. The first-order chi connectivity index (χ1) is 5.72. The van der Waals surface area contributed by atoms with Gasteiger partial charge in [0.15, 0.2) is 0 Å². The Balaban J connectivity index is 0.000000561. The average molecular weight is 168 g/mol. The van der Waals surface area contributed by atoms with E-state index in [1.54, 1.807) is 0 Å². The second kappa shape index (κ2) is 5.84. The van der Waals surface area contributed by atoms with Crippen molar-refractivity contribution in [3.05, 3.63) is 24.4 Å². The minimum absolute atomic E-state index is 0.964. The zero-order valence-corrected chi connectivity index (χ0v) is 8.67. The summed E-state index contributed by atoms with van der Waals surface area (Å²) in [6.45, 7) is 11.9. The highest BCUT2D eigenvalue weighted by molar-refractivity contribution is 4.98. The third-order valence-electron chi connectivity index (χ3n) is 1.67. The van der Waals surface area contributed by atoms with Crippen LogP contribution in [-0.4, -0.2) is 30.2 Å². The molecule has 70 valence electrons. The monoisotopic (exact) mass is 168 g/mol. The number of nitrogens with zero attached hydrogens (tertiary/aromatic N) is 2. The third-order valence-corrected chi connectivity index (χ3v) is 1.67. The fourth-order valence-electron chi connectivity index (χ4n) is 1.09. The van der Waals surface area contributed by atoms with Gasteiger partial charge in [0.2, 0.25) is 0 Å². The highest BCUT2D eigenvalue weighted by Gasteiger charge is 2.09. The van der Waals surface area contributed by atoms with Crippen molar-refractivity contribution in [1.29, 1.82) is 0 Å². The molecule has 0 bridgehead atoms. The van der Waals surface area contributed by atoms with Crippen molar-refractivity contribution in [1.82, 2.24) is 10.0 Å². The molecule has 0 aromatic rings. The van der Waals surface area contributed by atoms with E-state index >= 15 is 0 Å². The molecular formula is C10H20N2. The fraction of sp³-hybridized carbons (Fsp3) is 0.600. The lowest BCUT2D eigenvalue weighted by Crippen LogP contribution is -2.40. The minimum atomic E-state index is 0.964. The van der Waals surface area contributed by atoms with Crippen LogP contribution in [0.2, 0.25) is 0 Å². The van der Waals surface area contributed by atoms with Crippen LogP contribution in [0.15, 0.2) is 24.4 Å². The van der Waals surface area contributed by atoms with Crippen molar-refractivity contribution in [3.63, 3.8) is 0 Å². The standard InChI is InChI=1S/C8H14N2.C2H6/c1-8(2)10-7-5-4-6-9(10)3;1-2/h4-5H,1,6-7H2,2-3H3;1-2H3. The summed E-state index contributed by atoms with van der Waals surface area (Å²) in [7, 11) is 2.07. The van der Waals surface area contributed by atoms with Crippen LogP contribution in [0.25, 0.3) is 0 Å². The number of rotatable bonds is 1. The summed E-state index contributed by atoms with van der Waals surface area (Å²) in [5, 5.41) is 4.31. The molecule has 2 nitrogen and oxygen atoms in total. The normalized spacial score (nSPS) is 16.8. The van der Waals surface area contributed by atoms with Crippen LogP contribution in [-0.2, 0) is 0 Å². The van der Waals surface area contributed by atoms with Gasteiger partial charge in [-0.05, 0) is 6.92 Å². The van der Waals surface area contributed by atoms with E-state index in [0.29, 0.717) is 0 Å². The van der Waals surface area contributed by atoms with Crippen molar-refractivity contribution in [3.8, 4) is 0 Å². The molecular weight excluding hydrogens is 148 g/mol. The van der Waals surface area contributed by atoms with Crippen molar-refractivity contribution >= 4 is 0 Å². The average Bonchev–Trinajstić information content (AvgIpc) is 2.08. The molecule has 12 heavy (non-hydrogen) atoms. The zero-order chi connectivity index (χ0) is 9.56. The maximum Gasteiger partial charge on any atom is 0.0524 e. The van der Waals surface area contributed by atoms with Gasteiger partial charge in [-0.15, -0.1) is 0 Å². The summed E-state index contributed by atoms with van der Waals surface area (Å²) < 4.78 is 0. The summed E-state index contributed by atoms with van der Waals surface area (Å²) in [5.41, 5.74) is 1.10. The van der Waals surface area contributed by atoms with E-state index < -0.39 is 0 Å². The van der Waals surface area contributed by atoms with Gasteiger partial charge >= 0.3 is 0 Å². The number of hydrogen-bond acceptors (Lipinski definition) is 2. The molecule has 1 heterocycles. The van der Waals surface area contributed by atoms with Crippen molar-refractivity contribution < 1.29 is 0 Å². The predicted octanol–water partition coefficient (Wildman–Crippen LogP) is 2.26. The second-order valence-corrected chi connectivity index (χ2v) is 2.63. The molecule has 0 amide bonds. The van der Waals surface area contributed by atoms with Crippen LogP contribution < -0.4 is 0 Å². The SMILES string of the molecule is C=C(C)N1CC=CCN1C.CC. The number of allylic oxidation sites excluding steroid dienone is 1. The molecule has 0 saturated carbocycles. The Bertz CT molecular complexity index is 161. The third kappa shape index (κ3) is 3.09. The van der Waals surface area contributed by atoms with Gasteiger partial charge in [-0.3, -0.25) is 0 Å². The fourth-order valence-corrected chi connectivity index (χ4v) is 1.09. The summed E-state index contributed by atoms with van der Waals surface area (Å²) in [5.74, 6) is 0. The molecule has 1 aliphatic heterocycles. The zero-order valence-electron chi connectivity index (χ0n) is 8.67. The Morgan fingerprint density at radius 3 is 2.08 bits per heavy atom. The molecule has 1 rings (SSSR count). The smallest absolute Gasteiger partial charge is 0.0524 e. The lowest BCUT2D eigenvalue weighted by atomic mass is 10.4. The molecule has 0 fully saturated rings. The molecule has 0 radical (unpaired) electrons. The largest absolute Gasteiger partial charge is 0.307 e. The highest BCUT2D eigenvalue weighted by Crippen LogP contribution is 2.07. The summed E-state index contributed by atoms with van der Waals surface area (Å²) >= 11 is 0. The number of hydrogen-bond donors (Lipinski definition) is 0. The van der Waals surface area contributed by atoms with E-state index in [1.807, 2.05) is 20.8 Å². The van der Waals surface area contributed by atoms with E-state index in [4.69, 9.17) is 0 Å². The summed E-state index contributed by atoms with van der Waals surface area (Å²) in [6, 6.07) is 0. The Kier molecular flexibility index (Phi) is 5.47. The molecule has 0 aromatic heterocycles. The van der Waals surface area contributed by atoms with Crippen molar-refractivity contribution in [2.75, 3.05) is 20.1 Å². The van der Waals surface area contributed by atoms with Gasteiger partial charge < -0.3 is 5.01 Å². The van der Waals surface area contributed by atoms with Crippen LogP contribution in [0.5, 0.6) is 0 Å². The Morgan fingerprint density at radius 1 is 1.25 bits per heavy atom. The van der Waals surface area contributed by atoms with Crippen LogP contribution >= 0.6 is 0 Å².